The fourth-order valence-corrected chi connectivity index (χ4v) is 2.43. The topological polar surface area (TPSA) is 87.3 Å². The van der Waals surface area contributed by atoms with E-state index in [-0.39, 0.29) is 0 Å². The normalized spacial score (nSPS) is 26.9. The number of nitrogens with zero attached hydrogens (tertiary/aromatic N) is 3. The second kappa shape index (κ2) is 4.61. The van der Waals surface area contributed by atoms with Gasteiger partial charge in [0.2, 0.25) is 5.95 Å². The van der Waals surface area contributed by atoms with Crippen molar-refractivity contribution in [2.24, 2.45) is 0 Å². The zero-order valence-corrected chi connectivity index (χ0v) is 11.3. The summed E-state index contributed by atoms with van der Waals surface area (Å²) in [6.07, 6.45) is 3.26. The van der Waals surface area contributed by atoms with Crippen LogP contribution in [0.4, 0.5) is 11.8 Å². The number of anilines is 2. The van der Waals surface area contributed by atoms with Gasteiger partial charge in [0, 0.05) is 31.7 Å². The van der Waals surface area contributed by atoms with Crippen molar-refractivity contribution in [3.8, 4) is 0 Å². The van der Waals surface area contributed by atoms with Crippen molar-refractivity contribution in [2.75, 3.05) is 23.7 Å². The lowest BCUT2D eigenvalue weighted by atomic mass is 10.1. The minimum absolute atomic E-state index is 0.302. The van der Waals surface area contributed by atoms with Crippen LogP contribution in [0.15, 0.2) is 6.07 Å². The van der Waals surface area contributed by atoms with Gasteiger partial charge < -0.3 is 21.1 Å². The van der Waals surface area contributed by atoms with Crippen LogP contribution < -0.4 is 16.0 Å². The number of rotatable bonds is 4. The third kappa shape index (κ3) is 3.13. The van der Waals surface area contributed by atoms with Crippen LogP contribution in [0.1, 0.15) is 31.9 Å². The molecule has 6 nitrogen and oxygen atoms in total. The Hall–Kier alpha value is -1.40. The molecule has 1 unspecified atom stereocenters. The van der Waals surface area contributed by atoms with Crippen LogP contribution in [0.3, 0.4) is 0 Å². The van der Waals surface area contributed by atoms with Crippen LogP contribution in [0, 0.1) is 0 Å². The third-order valence-corrected chi connectivity index (χ3v) is 3.71. The minimum Gasteiger partial charge on any atom is -0.388 e. The lowest BCUT2D eigenvalue weighted by molar-refractivity contribution is 0.0839. The van der Waals surface area contributed by atoms with Gasteiger partial charge >= 0.3 is 0 Å². The predicted octanol–water partition coefficient (Wildman–Crippen LogP) is 0.272. The Bertz CT molecular complexity index is 472. The number of nitrogen functional groups attached to an aromatic ring is 1. The van der Waals surface area contributed by atoms with E-state index in [0.717, 1.165) is 31.0 Å². The molecule has 0 amide bonds. The number of hydrogen-bond donors (Lipinski definition) is 3. The molecule has 2 heterocycles. The molecule has 1 saturated carbocycles. The van der Waals surface area contributed by atoms with Crippen molar-refractivity contribution < 1.29 is 5.11 Å². The van der Waals surface area contributed by atoms with Gasteiger partial charge in [-0.15, -0.1) is 0 Å². The summed E-state index contributed by atoms with van der Waals surface area (Å²) in [5.41, 5.74) is 6.06. The zero-order valence-electron chi connectivity index (χ0n) is 11.3. The standard InChI is InChI=1S/C13H21N5O/c1-13(19)4-5-18(8-13)11-6-10(16-12(14)17-11)7-15-9-2-3-9/h6,9,15,19H,2-5,7-8H2,1H3,(H2,14,16,17). The number of aromatic nitrogens is 2. The molecule has 3 rings (SSSR count). The Morgan fingerprint density at radius 1 is 1.53 bits per heavy atom. The summed E-state index contributed by atoms with van der Waals surface area (Å²) >= 11 is 0. The molecule has 2 fully saturated rings. The molecule has 0 bridgehead atoms. The summed E-state index contributed by atoms with van der Waals surface area (Å²) < 4.78 is 0. The van der Waals surface area contributed by atoms with Crippen LogP contribution >= 0.6 is 0 Å². The first-order valence-electron chi connectivity index (χ1n) is 6.86. The van der Waals surface area contributed by atoms with Crippen molar-refractivity contribution in [3.05, 3.63) is 11.8 Å². The summed E-state index contributed by atoms with van der Waals surface area (Å²) in [7, 11) is 0. The van der Waals surface area contributed by atoms with E-state index >= 15 is 0 Å². The maximum absolute atomic E-state index is 10.0. The summed E-state index contributed by atoms with van der Waals surface area (Å²) in [5.74, 6) is 1.12. The van der Waals surface area contributed by atoms with E-state index in [1.54, 1.807) is 0 Å². The largest absolute Gasteiger partial charge is 0.388 e. The Balaban J connectivity index is 1.73. The Labute approximate surface area is 113 Å². The summed E-state index contributed by atoms with van der Waals surface area (Å²) in [4.78, 5) is 10.6. The first kappa shape index (κ1) is 12.6. The molecule has 2 aliphatic rings. The maximum atomic E-state index is 10.0. The van der Waals surface area contributed by atoms with Crippen LogP contribution in [0.2, 0.25) is 0 Å². The average molecular weight is 263 g/mol. The molecule has 4 N–H and O–H groups in total. The van der Waals surface area contributed by atoms with Gasteiger partial charge in [-0.05, 0) is 26.2 Å². The molecule has 0 radical (unpaired) electrons. The molecule has 104 valence electrons. The lowest BCUT2D eigenvalue weighted by Crippen LogP contribution is -2.30. The van der Waals surface area contributed by atoms with E-state index in [9.17, 15) is 5.11 Å². The molecule has 1 atom stereocenters. The van der Waals surface area contributed by atoms with Crippen molar-refractivity contribution in [2.45, 2.75) is 44.4 Å². The fraction of sp³-hybridized carbons (Fsp3) is 0.692. The number of nitrogens with two attached hydrogens (primary N) is 1. The minimum atomic E-state index is -0.633. The second-order valence-electron chi connectivity index (χ2n) is 5.90. The molecule has 1 aliphatic carbocycles. The summed E-state index contributed by atoms with van der Waals surface area (Å²) in [5, 5.41) is 13.4. The Morgan fingerprint density at radius 3 is 2.95 bits per heavy atom. The maximum Gasteiger partial charge on any atom is 0.222 e. The smallest absolute Gasteiger partial charge is 0.222 e. The molecule has 0 aromatic carbocycles. The van der Waals surface area contributed by atoms with Crippen molar-refractivity contribution in [3.63, 3.8) is 0 Å². The lowest BCUT2D eigenvalue weighted by Gasteiger charge is -2.20. The van der Waals surface area contributed by atoms with E-state index in [0.29, 0.717) is 18.5 Å². The third-order valence-electron chi connectivity index (χ3n) is 3.71. The second-order valence-corrected chi connectivity index (χ2v) is 5.90. The Morgan fingerprint density at radius 2 is 2.32 bits per heavy atom. The fourth-order valence-electron chi connectivity index (χ4n) is 2.43. The van der Waals surface area contributed by atoms with E-state index < -0.39 is 5.60 Å². The van der Waals surface area contributed by atoms with Crippen molar-refractivity contribution >= 4 is 11.8 Å². The molecule has 6 heteroatoms. The van der Waals surface area contributed by atoms with E-state index in [2.05, 4.69) is 20.2 Å². The number of hydrogen-bond acceptors (Lipinski definition) is 6. The number of aliphatic hydroxyl groups is 1. The zero-order chi connectivity index (χ0) is 13.5. The highest BCUT2D eigenvalue weighted by Crippen LogP contribution is 2.26. The van der Waals surface area contributed by atoms with Crippen LogP contribution in [0.5, 0.6) is 0 Å². The molecular formula is C13H21N5O. The summed E-state index contributed by atoms with van der Waals surface area (Å²) in [6, 6.07) is 2.61. The average Bonchev–Trinajstić information content (AvgIpc) is 3.09. The van der Waals surface area contributed by atoms with E-state index in [1.807, 2.05) is 13.0 Å². The molecule has 19 heavy (non-hydrogen) atoms. The molecule has 1 saturated heterocycles. The number of β-amino-alcohol motifs (C(OH)–C–C–N with tert-alkyl or cyclic N) is 1. The molecule has 1 aromatic rings. The number of nitrogens with one attached hydrogen (secondary N) is 1. The van der Waals surface area contributed by atoms with Gasteiger partial charge in [0.15, 0.2) is 0 Å². The van der Waals surface area contributed by atoms with Gasteiger partial charge in [-0.3, -0.25) is 0 Å². The molecule has 0 spiro atoms. The van der Waals surface area contributed by atoms with Crippen LogP contribution in [-0.2, 0) is 6.54 Å². The van der Waals surface area contributed by atoms with Crippen molar-refractivity contribution in [1.29, 1.82) is 0 Å². The van der Waals surface area contributed by atoms with E-state index in [1.165, 1.54) is 12.8 Å². The first-order chi connectivity index (χ1) is 9.02. The monoisotopic (exact) mass is 263 g/mol. The first-order valence-corrected chi connectivity index (χ1v) is 6.86. The van der Waals surface area contributed by atoms with Crippen molar-refractivity contribution in [1.82, 2.24) is 15.3 Å². The van der Waals surface area contributed by atoms with E-state index in [4.69, 9.17) is 5.73 Å². The van der Waals surface area contributed by atoms with Gasteiger partial charge in [-0.2, -0.15) is 4.98 Å². The summed E-state index contributed by atoms with van der Waals surface area (Å²) in [6.45, 7) is 3.99. The van der Waals surface area contributed by atoms with Gasteiger partial charge in [-0.1, -0.05) is 0 Å². The van der Waals surface area contributed by atoms with Crippen LogP contribution in [0.25, 0.3) is 0 Å². The molecule has 1 aromatic heterocycles. The SMILES string of the molecule is CC1(O)CCN(c2cc(CNC3CC3)nc(N)n2)C1. The highest BCUT2D eigenvalue weighted by Gasteiger charge is 2.32. The molecular weight excluding hydrogens is 242 g/mol. The van der Waals surface area contributed by atoms with Crippen LogP contribution in [-0.4, -0.2) is 39.8 Å². The highest BCUT2D eigenvalue weighted by molar-refractivity contribution is 5.45. The van der Waals surface area contributed by atoms with Gasteiger partial charge in [0.05, 0.1) is 11.3 Å². The highest BCUT2D eigenvalue weighted by atomic mass is 16.3. The predicted molar refractivity (Wildman–Crippen MR) is 73.8 cm³/mol. The van der Waals surface area contributed by atoms with Gasteiger partial charge in [-0.25, -0.2) is 4.98 Å². The molecule has 1 aliphatic heterocycles. The Kier molecular flexibility index (Phi) is 3.06. The van der Waals surface area contributed by atoms with Gasteiger partial charge in [0.25, 0.3) is 0 Å². The van der Waals surface area contributed by atoms with Gasteiger partial charge in [0.1, 0.15) is 5.82 Å². The quantitative estimate of drug-likeness (QED) is 0.723.